The first-order valence-corrected chi connectivity index (χ1v) is 13.1. The predicted octanol–water partition coefficient (Wildman–Crippen LogP) is 5.45. The summed E-state index contributed by atoms with van der Waals surface area (Å²) in [5.74, 6) is 0.531. The number of hydrogen-bond acceptors (Lipinski definition) is 6. The van der Waals surface area contributed by atoms with Crippen molar-refractivity contribution in [2.75, 3.05) is 13.2 Å². The topological polar surface area (TPSA) is 89.3 Å². The number of carbonyl (C=O) groups excluding carboxylic acids is 1. The molecular formula is C28H28Cl2N4O3. The van der Waals surface area contributed by atoms with Gasteiger partial charge in [-0.25, -0.2) is 4.68 Å². The van der Waals surface area contributed by atoms with Crippen LogP contribution in [-0.4, -0.2) is 39.5 Å². The Balaban J connectivity index is 1.22. The molecule has 2 heterocycles. The molecule has 0 bridgehead atoms. The molecule has 1 aliphatic rings. The number of aryl methyl sites for hydroxylation is 2. The SMILES string of the molecule is Cc1c(C(O)c2ccc3c(c2)CNCC3)ccc2c1nnn2CCCCOc1cc(Cl)c(C=O)c(Cl)c1. The van der Waals surface area contributed by atoms with Crippen molar-refractivity contribution < 1.29 is 14.6 Å². The van der Waals surface area contributed by atoms with Gasteiger partial charge in [0.1, 0.15) is 17.4 Å². The lowest BCUT2D eigenvalue weighted by Crippen LogP contribution is -2.23. The van der Waals surface area contributed by atoms with Crippen LogP contribution in [0.25, 0.3) is 11.0 Å². The predicted molar refractivity (Wildman–Crippen MR) is 145 cm³/mol. The molecule has 0 radical (unpaired) electrons. The molecule has 2 N–H and O–H groups in total. The van der Waals surface area contributed by atoms with Gasteiger partial charge in [-0.05, 0) is 78.7 Å². The Bertz CT molecular complexity index is 1430. The fourth-order valence-electron chi connectivity index (χ4n) is 4.80. The van der Waals surface area contributed by atoms with Crippen molar-refractivity contribution in [3.8, 4) is 5.75 Å². The fraction of sp³-hybridized carbons (Fsp3) is 0.321. The van der Waals surface area contributed by atoms with Crippen molar-refractivity contribution >= 4 is 40.5 Å². The number of aliphatic hydroxyl groups is 1. The maximum absolute atomic E-state index is 11.2. The molecule has 0 saturated carbocycles. The van der Waals surface area contributed by atoms with Gasteiger partial charge in [-0.2, -0.15) is 0 Å². The molecule has 0 amide bonds. The first-order chi connectivity index (χ1) is 18.0. The maximum Gasteiger partial charge on any atom is 0.153 e. The van der Waals surface area contributed by atoms with Gasteiger partial charge in [0.05, 0.1) is 27.7 Å². The number of ether oxygens (including phenoxy) is 1. The molecular weight excluding hydrogens is 511 g/mol. The molecule has 1 atom stereocenters. The maximum atomic E-state index is 11.2. The molecule has 0 spiro atoms. The molecule has 1 aliphatic heterocycles. The quantitative estimate of drug-likeness (QED) is 0.217. The zero-order valence-electron chi connectivity index (χ0n) is 20.5. The summed E-state index contributed by atoms with van der Waals surface area (Å²) in [5, 5.41) is 23.9. The van der Waals surface area contributed by atoms with Crippen LogP contribution in [0.4, 0.5) is 0 Å². The third-order valence-electron chi connectivity index (χ3n) is 6.91. The van der Waals surface area contributed by atoms with Crippen LogP contribution in [0.3, 0.4) is 0 Å². The van der Waals surface area contributed by atoms with Crippen LogP contribution in [0.2, 0.25) is 10.0 Å². The molecule has 4 aromatic rings. The first kappa shape index (κ1) is 25.7. The van der Waals surface area contributed by atoms with Crippen LogP contribution in [0, 0.1) is 6.92 Å². The average Bonchev–Trinajstić information content (AvgIpc) is 3.32. The highest BCUT2D eigenvalue weighted by Crippen LogP contribution is 2.31. The van der Waals surface area contributed by atoms with Crippen LogP contribution in [0.15, 0.2) is 42.5 Å². The number of aliphatic hydroxyl groups excluding tert-OH is 1. The van der Waals surface area contributed by atoms with Gasteiger partial charge in [-0.15, -0.1) is 5.10 Å². The fourth-order valence-corrected chi connectivity index (χ4v) is 5.36. The second-order valence-electron chi connectivity index (χ2n) is 9.29. The van der Waals surface area contributed by atoms with Crippen molar-refractivity contribution in [1.29, 1.82) is 0 Å². The molecule has 0 fully saturated rings. The van der Waals surface area contributed by atoms with Gasteiger partial charge < -0.3 is 15.2 Å². The van der Waals surface area contributed by atoms with E-state index < -0.39 is 6.10 Å². The van der Waals surface area contributed by atoms with Crippen molar-refractivity contribution in [2.24, 2.45) is 0 Å². The number of nitrogens with zero attached hydrogens (tertiary/aromatic N) is 3. The zero-order valence-corrected chi connectivity index (χ0v) is 22.0. The third kappa shape index (κ3) is 5.36. The number of aldehydes is 1. The van der Waals surface area contributed by atoms with Gasteiger partial charge in [0.25, 0.3) is 0 Å². The first-order valence-electron chi connectivity index (χ1n) is 12.4. The Labute approximate surface area is 225 Å². The second kappa shape index (κ2) is 11.2. The molecule has 9 heteroatoms. The van der Waals surface area contributed by atoms with Crippen LogP contribution in [0.1, 0.15) is 57.1 Å². The summed E-state index contributed by atoms with van der Waals surface area (Å²) in [7, 11) is 0. The van der Waals surface area contributed by atoms with Gasteiger partial charge in [-0.3, -0.25) is 4.79 Å². The van der Waals surface area contributed by atoms with Gasteiger partial charge in [0.15, 0.2) is 6.29 Å². The minimum Gasteiger partial charge on any atom is -0.493 e. The number of carbonyl (C=O) groups is 1. The lowest BCUT2D eigenvalue weighted by Gasteiger charge is -2.20. The van der Waals surface area contributed by atoms with E-state index in [1.165, 1.54) is 11.1 Å². The van der Waals surface area contributed by atoms with E-state index in [0.29, 0.717) is 25.2 Å². The van der Waals surface area contributed by atoms with Crippen molar-refractivity contribution in [3.63, 3.8) is 0 Å². The summed E-state index contributed by atoms with van der Waals surface area (Å²) in [4.78, 5) is 11.0. The van der Waals surface area contributed by atoms with Gasteiger partial charge in [0.2, 0.25) is 0 Å². The summed E-state index contributed by atoms with van der Waals surface area (Å²) in [5.41, 5.74) is 7.26. The number of hydrogen-bond donors (Lipinski definition) is 2. The van der Waals surface area contributed by atoms with Crippen molar-refractivity contribution in [3.05, 3.63) is 85.9 Å². The number of aromatic nitrogens is 3. The van der Waals surface area contributed by atoms with E-state index in [4.69, 9.17) is 27.9 Å². The zero-order chi connectivity index (χ0) is 25.9. The van der Waals surface area contributed by atoms with E-state index in [1.807, 2.05) is 29.8 Å². The summed E-state index contributed by atoms with van der Waals surface area (Å²) in [6.07, 6.45) is 2.55. The molecule has 5 rings (SSSR count). The average molecular weight is 539 g/mol. The van der Waals surface area contributed by atoms with E-state index in [0.717, 1.165) is 60.1 Å². The van der Waals surface area contributed by atoms with E-state index in [1.54, 1.807) is 12.1 Å². The highest BCUT2D eigenvalue weighted by molar-refractivity contribution is 6.38. The Morgan fingerprint density at radius 2 is 1.95 bits per heavy atom. The summed E-state index contributed by atoms with van der Waals surface area (Å²) in [6.45, 7) is 4.98. The molecule has 1 aromatic heterocycles. The lowest BCUT2D eigenvalue weighted by atomic mass is 9.92. The number of unbranched alkanes of at least 4 members (excludes halogenated alkanes) is 1. The highest BCUT2D eigenvalue weighted by Gasteiger charge is 2.19. The van der Waals surface area contributed by atoms with Crippen molar-refractivity contribution in [1.82, 2.24) is 20.3 Å². The normalized spacial score (nSPS) is 13.9. The Morgan fingerprint density at radius 1 is 1.14 bits per heavy atom. The standard InChI is InChI=1S/C28H28Cl2N4O3/c1-17-22(28(36)19-5-4-18-8-9-31-15-20(18)12-19)6-7-26-27(17)32-33-34(26)10-2-3-11-37-21-13-24(29)23(16-35)25(30)14-21/h4-7,12-14,16,28,31,36H,2-3,8-11,15H2,1H3. The Kier molecular flexibility index (Phi) is 7.76. The molecule has 7 nitrogen and oxygen atoms in total. The molecule has 0 saturated heterocycles. The van der Waals surface area contributed by atoms with Crippen LogP contribution in [-0.2, 0) is 19.5 Å². The molecule has 3 aromatic carbocycles. The second-order valence-corrected chi connectivity index (χ2v) is 10.1. The molecule has 192 valence electrons. The van der Waals surface area contributed by atoms with Crippen LogP contribution >= 0.6 is 23.2 Å². The van der Waals surface area contributed by atoms with E-state index in [2.05, 4.69) is 27.8 Å². The molecule has 1 unspecified atom stereocenters. The van der Waals surface area contributed by atoms with Gasteiger partial charge in [0, 0.05) is 13.1 Å². The van der Waals surface area contributed by atoms with Crippen molar-refractivity contribution in [2.45, 2.75) is 45.4 Å². The summed E-state index contributed by atoms with van der Waals surface area (Å²) < 4.78 is 7.63. The molecule has 0 aliphatic carbocycles. The summed E-state index contributed by atoms with van der Waals surface area (Å²) >= 11 is 12.1. The number of nitrogens with one attached hydrogen (secondary N) is 1. The number of fused-ring (bicyclic) bond motifs is 2. The van der Waals surface area contributed by atoms with Crippen LogP contribution < -0.4 is 10.1 Å². The highest BCUT2D eigenvalue weighted by atomic mass is 35.5. The smallest absolute Gasteiger partial charge is 0.153 e. The van der Waals surface area contributed by atoms with E-state index in [-0.39, 0.29) is 15.6 Å². The summed E-state index contributed by atoms with van der Waals surface area (Å²) in [6, 6.07) is 13.4. The molecule has 37 heavy (non-hydrogen) atoms. The Morgan fingerprint density at radius 3 is 2.73 bits per heavy atom. The van der Waals surface area contributed by atoms with Gasteiger partial charge >= 0.3 is 0 Å². The van der Waals surface area contributed by atoms with Gasteiger partial charge in [-0.1, -0.05) is 52.7 Å². The number of benzene rings is 3. The van der Waals surface area contributed by atoms with Crippen LogP contribution in [0.5, 0.6) is 5.75 Å². The Hall–Kier alpha value is -2.97. The van der Waals surface area contributed by atoms with E-state index in [9.17, 15) is 9.90 Å². The number of halogens is 2. The minimum atomic E-state index is -0.721. The lowest BCUT2D eigenvalue weighted by molar-refractivity contribution is 0.112. The third-order valence-corrected chi connectivity index (χ3v) is 7.54. The number of rotatable bonds is 9. The van der Waals surface area contributed by atoms with E-state index >= 15 is 0 Å². The largest absolute Gasteiger partial charge is 0.493 e. The monoisotopic (exact) mass is 538 g/mol. The minimum absolute atomic E-state index is 0.264.